The van der Waals surface area contributed by atoms with Crippen LogP contribution in [-0.4, -0.2) is 31.7 Å². The van der Waals surface area contributed by atoms with Gasteiger partial charge in [-0.3, -0.25) is 9.69 Å². The van der Waals surface area contributed by atoms with Gasteiger partial charge in [0.05, 0.1) is 30.9 Å². The lowest BCUT2D eigenvalue weighted by molar-refractivity contribution is -0.117. The number of para-hydroxylation sites is 1. The van der Waals surface area contributed by atoms with Crippen molar-refractivity contribution in [3.63, 3.8) is 0 Å². The van der Waals surface area contributed by atoms with E-state index in [0.29, 0.717) is 23.2 Å². The maximum Gasteiger partial charge on any atom is 0.233 e. The van der Waals surface area contributed by atoms with Crippen LogP contribution in [-0.2, 0) is 11.2 Å². The minimum Gasteiger partial charge on any atom is -0.493 e. The van der Waals surface area contributed by atoms with E-state index in [-0.39, 0.29) is 12.3 Å². The topological polar surface area (TPSA) is 51.7 Å². The molecule has 0 saturated carbocycles. The third kappa shape index (κ3) is 3.70. The highest BCUT2D eigenvalue weighted by Gasteiger charge is 2.19. The number of methoxy groups -OCH3 is 2. The zero-order valence-corrected chi connectivity index (χ0v) is 15.6. The number of carbonyl (C=O) groups excluding carboxylic acids is 1. The summed E-state index contributed by atoms with van der Waals surface area (Å²) in [7, 11) is 3.16. The Balaban J connectivity index is 1.86. The van der Waals surface area contributed by atoms with E-state index < -0.39 is 0 Å². The zero-order valence-electron chi connectivity index (χ0n) is 14.8. The smallest absolute Gasteiger partial charge is 0.233 e. The molecule has 0 spiro atoms. The molecule has 1 amide bonds. The van der Waals surface area contributed by atoms with Crippen molar-refractivity contribution >= 4 is 32.6 Å². The molecule has 0 unspecified atom stereocenters. The molecule has 0 N–H and O–H groups in total. The fraction of sp³-hybridized carbons (Fsp3) is 0.200. The summed E-state index contributed by atoms with van der Waals surface area (Å²) in [5, 5.41) is 0.677. The summed E-state index contributed by atoms with van der Waals surface area (Å²) >= 11 is 1.50. The average Bonchev–Trinajstić information content (AvgIpc) is 3.09. The molecular weight excluding hydrogens is 348 g/mol. The molecule has 0 fully saturated rings. The normalized spacial score (nSPS) is 10.5. The summed E-state index contributed by atoms with van der Waals surface area (Å²) in [6.45, 7) is 4.17. The number of fused-ring (bicyclic) bond motifs is 1. The first-order chi connectivity index (χ1) is 12.7. The molecule has 6 heteroatoms. The monoisotopic (exact) mass is 368 g/mol. The average molecular weight is 368 g/mol. The molecule has 0 saturated heterocycles. The lowest BCUT2D eigenvalue weighted by Crippen LogP contribution is -2.32. The molecule has 2 aromatic carbocycles. The first kappa shape index (κ1) is 17.9. The molecule has 0 atom stereocenters. The van der Waals surface area contributed by atoms with Crippen LogP contribution in [0.1, 0.15) is 5.56 Å². The predicted molar refractivity (Wildman–Crippen MR) is 105 cm³/mol. The molecule has 1 heterocycles. The minimum absolute atomic E-state index is 0.0452. The fourth-order valence-corrected chi connectivity index (χ4v) is 3.64. The van der Waals surface area contributed by atoms with Gasteiger partial charge in [0.2, 0.25) is 5.91 Å². The number of nitrogens with zero attached hydrogens (tertiary/aromatic N) is 2. The van der Waals surface area contributed by atoms with Gasteiger partial charge in [0.25, 0.3) is 0 Å². The van der Waals surface area contributed by atoms with Crippen LogP contribution >= 0.6 is 11.3 Å². The second-order valence-corrected chi connectivity index (χ2v) is 6.63. The maximum absolute atomic E-state index is 12.9. The lowest BCUT2D eigenvalue weighted by atomic mass is 10.1. The largest absolute Gasteiger partial charge is 0.493 e. The number of thiazole rings is 1. The fourth-order valence-electron chi connectivity index (χ4n) is 2.65. The molecule has 0 bridgehead atoms. The molecule has 5 nitrogen and oxygen atoms in total. The maximum atomic E-state index is 12.9. The van der Waals surface area contributed by atoms with E-state index in [1.165, 1.54) is 11.3 Å². The van der Waals surface area contributed by atoms with Gasteiger partial charge in [-0.05, 0) is 29.8 Å². The Hall–Kier alpha value is -2.86. The third-order valence-electron chi connectivity index (χ3n) is 3.93. The molecule has 26 heavy (non-hydrogen) atoms. The number of hydrogen-bond donors (Lipinski definition) is 0. The first-order valence-electron chi connectivity index (χ1n) is 8.14. The van der Waals surface area contributed by atoms with E-state index in [1.54, 1.807) is 31.3 Å². The quantitative estimate of drug-likeness (QED) is 0.590. The predicted octanol–water partition coefficient (Wildman–Crippen LogP) is 4.08. The van der Waals surface area contributed by atoms with Gasteiger partial charge in [0, 0.05) is 6.54 Å². The Kier molecular flexibility index (Phi) is 5.53. The molecule has 0 radical (unpaired) electrons. The van der Waals surface area contributed by atoms with E-state index >= 15 is 0 Å². The molecule has 1 aromatic heterocycles. The molecule has 134 valence electrons. The van der Waals surface area contributed by atoms with Crippen molar-refractivity contribution in [2.75, 3.05) is 25.7 Å². The van der Waals surface area contributed by atoms with Crippen molar-refractivity contribution in [3.8, 4) is 11.5 Å². The van der Waals surface area contributed by atoms with Gasteiger partial charge in [-0.25, -0.2) is 4.98 Å². The van der Waals surface area contributed by atoms with Crippen LogP contribution in [0.4, 0.5) is 5.13 Å². The van der Waals surface area contributed by atoms with Crippen LogP contribution in [0, 0.1) is 0 Å². The number of hydrogen-bond acceptors (Lipinski definition) is 5. The van der Waals surface area contributed by atoms with Crippen LogP contribution in [0.3, 0.4) is 0 Å². The van der Waals surface area contributed by atoms with Gasteiger partial charge in [0.15, 0.2) is 16.6 Å². The van der Waals surface area contributed by atoms with Crippen molar-refractivity contribution in [2.45, 2.75) is 6.42 Å². The second-order valence-electron chi connectivity index (χ2n) is 5.62. The number of aromatic nitrogens is 1. The molecule has 0 aliphatic rings. The third-order valence-corrected chi connectivity index (χ3v) is 4.99. The molecular formula is C20H20N2O3S. The molecule has 3 aromatic rings. The Morgan fingerprint density at radius 1 is 1.19 bits per heavy atom. The van der Waals surface area contributed by atoms with Crippen molar-refractivity contribution in [3.05, 3.63) is 60.7 Å². The van der Waals surface area contributed by atoms with Gasteiger partial charge < -0.3 is 9.47 Å². The summed E-state index contributed by atoms with van der Waals surface area (Å²) < 4.78 is 11.6. The van der Waals surface area contributed by atoms with Gasteiger partial charge in [-0.2, -0.15) is 0 Å². The molecule has 0 aliphatic carbocycles. The van der Waals surface area contributed by atoms with Crippen molar-refractivity contribution in [2.24, 2.45) is 0 Å². The number of rotatable bonds is 7. The SMILES string of the molecule is C=CCN(C(=O)Cc1ccc(OC)c(OC)c1)c1nc2ccccc2s1. The number of carbonyl (C=O) groups is 1. The highest BCUT2D eigenvalue weighted by molar-refractivity contribution is 7.22. The van der Waals surface area contributed by atoms with E-state index in [1.807, 2.05) is 36.4 Å². The summed E-state index contributed by atoms with van der Waals surface area (Å²) in [5.41, 5.74) is 1.74. The van der Waals surface area contributed by atoms with E-state index in [9.17, 15) is 4.79 Å². The summed E-state index contributed by atoms with van der Waals surface area (Å²) in [4.78, 5) is 19.2. The van der Waals surface area contributed by atoms with E-state index in [2.05, 4.69) is 11.6 Å². The first-order valence-corrected chi connectivity index (χ1v) is 8.95. The van der Waals surface area contributed by atoms with Gasteiger partial charge >= 0.3 is 0 Å². The molecule has 0 aliphatic heterocycles. The van der Waals surface area contributed by atoms with Gasteiger partial charge in [-0.15, -0.1) is 6.58 Å². The minimum atomic E-state index is -0.0452. The van der Waals surface area contributed by atoms with Crippen molar-refractivity contribution in [1.29, 1.82) is 0 Å². The van der Waals surface area contributed by atoms with Crippen LogP contribution in [0.25, 0.3) is 10.2 Å². The van der Waals surface area contributed by atoms with Gasteiger partial charge in [-0.1, -0.05) is 35.6 Å². The Bertz CT molecular complexity index is 903. The van der Waals surface area contributed by atoms with Gasteiger partial charge in [0.1, 0.15) is 0 Å². The summed E-state index contributed by atoms with van der Waals surface area (Å²) in [6.07, 6.45) is 1.95. The Labute approximate surface area is 156 Å². The highest BCUT2D eigenvalue weighted by Crippen LogP contribution is 2.30. The summed E-state index contributed by atoms with van der Waals surface area (Å²) in [5.74, 6) is 1.20. The lowest BCUT2D eigenvalue weighted by Gasteiger charge is -2.18. The van der Waals surface area contributed by atoms with E-state index in [0.717, 1.165) is 15.8 Å². The number of anilines is 1. The second kappa shape index (κ2) is 8.01. The number of benzene rings is 2. The van der Waals surface area contributed by atoms with Crippen LogP contribution in [0.2, 0.25) is 0 Å². The van der Waals surface area contributed by atoms with Crippen molar-refractivity contribution in [1.82, 2.24) is 4.98 Å². The highest BCUT2D eigenvalue weighted by atomic mass is 32.1. The van der Waals surface area contributed by atoms with Crippen LogP contribution < -0.4 is 14.4 Å². The zero-order chi connectivity index (χ0) is 18.5. The van der Waals surface area contributed by atoms with E-state index in [4.69, 9.17) is 9.47 Å². The van der Waals surface area contributed by atoms with Crippen molar-refractivity contribution < 1.29 is 14.3 Å². The Morgan fingerprint density at radius 2 is 1.96 bits per heavy atom. The standard InChI is InChI=1S/C20H20N2O3S/c1-4-11-22(20-21-15-7-5-6-8-18(15)26-20)19(23)13-14-9-10-16(24-2)17(12-14)25-3/h4-10,12H,1,11,13H2,2-3H3. The number of ether oxygens (including phenoxy) is 2. The summed E-state index contributed by atoms with van der Waals surface area (Å²) in [6, 6.07) is 13.3. The van der Waals surface area contributed by atoms with Crippen LogP contribution in [0.5, 0.6) is 11.5 Å². The molecule has 3 rings (SSSR count). The van der Waals surface area contributed by atoms with Crippen LogP contribution in [0.15, 0.2) is 55.1 Å². The number of amides is 1. The Morgan fingerprint density at radius 3 is 2.65 bits per heavy atom.